The average Bonchev–Trinajstić information content (AvgIpc) is 3.30. The Balaban J connectivity index is 1.76. The molecule has 0 saturated carbocycles. The third-order valence-corrected chi connectivity index (χ3v) is 5.16. The molecule has 1 aliphatic carbocycles. The summed E-state index contributed by atoms with van der Waals surface area (Å²) in [5, 5.41) is 0. The first-order valence-corrected chi connectivity index (χ1v) is 8.44. The van der Waals surface area contributed by atoms with Crippen molar-refractivity contribution in [1.29, 1.82) is 0 Å². The number of fused-ring (bicyclic) bond motifs is 4. The zero-order valence-corrected chi connectivity index (χ0v) is 13.8. The van der Waals surface area contributed by atoms with Crippen molar-refractivity contribution >= 4 is 0 Å². The molecule has 2 nitrogen and oxygen atoms in total. The summed E-state index contributed by atoms with van der Waals surface area (Å²) >= 11 is 0. The van der Waals surface area contributed by atoms with Crippen molar-refractivity contribution in [1.82, 2.24) is 0 Å². The molecule has 3 aromatic carbocycles. The third-order valence-electron chi connectivity index (χ3n) is 5.16. The summed E-state index contributed by atoms with van der Waals surface area (Å²) in [6, 6.07) is 17.4. The highest BCUT2D eigenvalue weighted by Crippen LogP contribution is 2.56. The van der Waals surface area contributed by atoms with Crippen LogP contribution in [0.5, 0.6) is 17.2 Å². The van der Waals surface area contributed by atoms with Crippen molar-refractivity contribution < 1.29 is 9.47 Å². The van der Waals surface area contributed by atoms with Crippen LogP contribution in [0.1, 0.15) is 23.6 Å². The molecule has 0 saturated heterocycles. The second-order valence-corrected chi connectivity index (χ2v) is 6.38. The van der Waals surface area contributed by atoms with Crippen LogP contribution in [0.2, 0.25) is 0 Å². The Bertz CT molecular complexity index is 986. The molecule has 0 spiro atoms. The van der Waals surface area contributed by atoms with Gasteiger partial charge in [0.2, 0.25) is 0 Å². The minimum Gasteiger partial charge on any atom is -0.496 e. The first-order chi connectivity index (χ1) is 11.8. The predicted molar refractivity (Wildman–Crippen MR) is 96.1 cm³/mol. The lowest BCUT2D eigenvalue weighted by molar-refractivity contribution is 0.411. The fraction of sp³-hybridized carbons (Fsp3) is 0.182. The molecule has 118 valence electrons. The van der Waals surface area contributed by atoms with E-state index in [2.05, 4.69) is 55.5 Å². The van der Waals surface area contributed by atoms with E-state index in [0.29, 0.717) is 0 Å². The van der Waals surface area contributed by atoms with Gasteiger partial charge in [-0.25, -0.2) is 0 Å². The van der Waals surface area contributed by atoms with Crippen molar-refractivity contribution in [3.05, 3.63) is 65.2 Å². The normalized spacial score (nSPS) is 12.9. The van der Waals surface area contributed by atoms with Gasteiger partial charge in [-0.2, -0.15) is 0 Å². The molecule has 0 bridgehead atoms. The van der Waals surface area contributed by atoms with Gasteiger partial charge in [0.05, 0.1) is 7.11 Å². The summed E-state index contributed by atoms with van der Waals surface area (Å²) in [6.45, 7) is 2.15. The summed E-state index contributed by atoms with van der Waals surface area (Å²) in [5.41, 5.74) is 9.07. The lowest BCUT2D eigenvalue weighted by atomic mass is 9.93. The molecular weight excluding hydrogens is 296 g/mol. The Hall–Kier alpha value is -2.74. The second-order valence-electron chi connectivity index (χ2n) is 6.38. The topological polar surface area (TPSA) is 21.8 Å². The summed E-state index contributed by atoms with van der Waals surface area (Å²) in [6.07, 6.45) is 1.89. The maximum atomic E-state index is 5.79. The Labute approximate surface area is 141 Å². The molecule has 0 N–H and O–H groups in total. The number of methoxy groups -OCH3 is 1. The average molecular weight is 314 g/mol. The number of ether oxygens (including phenoxy) is 2. The first-order valence-electron chi connectivity index (χ1n) is 8.44. The summed E-state index contributed by atoms with van der Waals surface area (Å²) in [7, 11) is 1.75. The zero-order chi connectivity index (χ0) is 16.3. The highest BCUT2D eigenvalue weighted by molar-refractivity contribution is 5.89. The van der Waals surface area contributed by atoms with E-state index in [1.54, 1.807) is 7.11 Å². The van der Waals surface area contributed by atoms with E-state index in [0.717, 1.165) is 35.7 Å². The van der Waals surface area contributed by atoms with Gasteiger partial charge in [0.25, 0.3) is 0 Å². The van der Waals surface area contributed by atoms with Gasteiger partial charge < -0.3 is 9.47 Å². The van der Waals surface area contributed by atoms with Crippen molar-refractivity contribution in [3.8, 4) is 39.5 Å². The molecule has 1 heterocycles. The lowest BCUT2D eigenvalue weighted by Gasteiger charge is -2.14. The van der Waals surface area contributed by atoms with E-state index in [4.69, 9.17) is 9.47 Å². The van der Waals surface area contributed by atoms with Gasteiger partial charge in [0.1, 0.15) is 5.75 Å². The van der Waals surface area contributed by atoms with E-state index >= 15 is 0 Å². The second kappa shape index (κ2) is 4.88. The summed E-state index contributed by atoms with van der Waals surface area (Å²) in [5.74, 6) is 2.96. The number of benzene rings is 3. The minimum absolute atomic E-state index is 0.911. The third kappa shape index (κ3) is 1.77. The van der Waals surface area contributed by atoms with E-state index in [1.807, 2.05) is 0 Å². The van der Waals surface area contributed by atoms with Crippen LogP contribution in [0.3, 0.4) is 0 Å². The van der Waals surface area contributed by atoms with E-state index < -0.39 is 0 Å². The molecule has 3 aromatic rings. The van der Waals surface area contributed by atoms with Gasteiger partial charge in [-0.3, -0.25) is 0 Å². The smallest absolute Gasteiger partial charge is 0.177 e. The van der Waals surface area contributed by atoms with Crippen LogP contribution in [0.15, 0.2) is 48.5 Å². The van der Waals surface area contributed by atoms with Gasteiger partial charge in [-0.1, -0.05) is 49.4 Å². The molecule has 0 aromatic heterocycles. The monoisotopic (exact) mass is 314 g/mol. The number of hydrogen-bond acceptors (Lipinski definition) is 2. The first kappa shape index (κ1) is 13.7. The summed E-state index contributed by atoms with van der Waals surface area (Å²) < 4.78 is 11.5. The van der Waals surface area contributed by atoms with E-state index in [-0.39, 0.29) is 0 Å². The highest BCUT2D eigenvalue weighted by Gasteiger charge is 2.31. The Morgan fingerprint density at radius 2 is 1.71 bits per heavy atom. The molecule has 0 atom stereocenters. The van der Waals surface area contributed by atoms with Gasteiger partial charge in [-0.05, 0) is 46.7 Å². The molecule has 2 heteroatoms. The molecule has 0 amide bonds. The fourth-order valence-electron chi connectivity index (χ4n) is 4.02. The molecule has 5 rings (SSSR count). The largest absolute Gasteiger partial charge is 0.496 e. The van der Waals surface area contributed by atoms with Gasteiger partial charge in [0.15, 0.2) is 11.5 Å². The van der Waals surface area contributed by atoms with Crippen LogP contribution < -0.4 is 9.47 Å². The van der Waals surface area contributed by atoms with Crippen molar-refractivity contribution in [3.63, 3.8) is 0 Å². The zero-order valence-electron chi connectivity index (χ0n) is 13.8. The van der Waals surface area contributed by atoms with Crippen molar-refractivity contribution in [2.45, 2.75) is 19.8 Å². The molecule has 1 aliphatic heterocycles. The van der Waals surface area contributed by atoms with E-state index in [1.165, 1.54) is 33.4 Å². The van der Waals surface area contributed by atoms with Gasteiger partial charge in [-0.15, -0.1) is 0 Å². The Kier molecular flexibility index (Phi) is 2.78. The van der Waals surface area contributed by atoms with Crippen LogP contribution in [-0.2, 0) is 12.8 Å². The summed E-state index contributed by atoms with van der Waals surface area (Å²) in [4.78, 5) is 0. The van der Waals surface area contributed by atoms with Gasteiger partial charge >= 0.3 is 0 Å². The highest BCUT2D eigenvalue weighted by atomic mass is 16.6. The standard InChI is InChI=1S/C22H18O2/c1-3-14-21(23-2)19(12-20-22(14)24-20)17-10-6-9-16-15-8-5-4-7-13(15)11-18(16)17/h4-10,12H,3,11H2,1-2H3. The van der Waals surface area contributed by atoms with E-state index in [9.17, 15) is 0 Å². The van der Waals surface area contributed by atoms with Crippen LogP contribution in [0.4, 0.5) is 0 Å². The van der Waals surface area contributed by atoms with Crippen LogP contribution >= 0.6 is 0 Å². The molecule has 0 unspecified atom stereocenters. The van der Waals surface area contributed by atoms with Crippen molar-refractivity contribution in [2.75, 3.05) is 7.11 Å². The van der Waals surface area contributed by atoms with Crippen LogP contribution in [0, 0.1) is 0 Å². The number of rotatable bonds is 3. The van der Waals surface area contributed by atoms with Gasteiger partial charge in [0, 0.05) is 11.1 Å². The molecule has 0 radical (unpaired) electrons. The number of hydrogen-bond donors (Lipinski definition) is 0. The maximum absolute atomic E-state index is 5.79. The minimum atomic E-state index is 0.911. The van der Waals surface area contributed by atoms with Crippen LogP contribution in [-0.4, -0.2) is 7.11 Å². The SMILES string of the molecule is CCc1c2c(cc(-c3cccc4c3Cc3ccccc3-4)c1OC)O2. The Morgan fingerprint density at radius 3 is 2.50 bits per heavy atom. The molecule has 2 aliphatic rings. The van der Waals surface area contributed by atoms with Crippen molar-refractivity contribution in [2.24, 2.45) is 0 Å². The lowest BCUT2D eigenvalue weighted by Crippen LogP contribution is -1.94. The Morgan fingerprint density at radius 1 is 0.958 bits per heavy atom. The quantitative estimate of drug-likeness (QED) is 0.404. The molecular formula is C22H18O2. The molecule has 24 heavy (non-hydrogen) atoms. The fourth-order valence-corrected chi connectivity index (χ4v) is 4.02. The maximum Gasteiger partial charge on any atom is 0.177 e. The molecule has 0 fully saturated rings. The van der Waals surface area contributed by atoms with Crippen LogP contribution in [0.25, 0.3) is 22.3 Å². The predicted octanol–water partition coefficient (Wildman–Crippen LogP) is 5.60.